The van der Waals surface area contributed by atoms with Crippen molar-refractivity contribution in [3.8, 4) is 11.5 Å². The van der Waals surface area contributed by atoms with Crippen LogP contribution in [-0.2, 0) is 42.7 Å². The van der Waals surface area contributed by atoms with Crippen molar-refractivity contribution in [2.75, 3.05) is 19.8 Å². The van der Waals surface area contributed by atoms with E-state index < -0.39 is 127 Å². The van der Waals surface area contributed by atoms with Gasteiger partial charge in [-0.25, -0.2) is 9.59 Å². The smallest absolute Gasteiger partial charge is 0.342 e. The van der Waals surface area contributed by atoms with Crippen molar-refractivity contribution in [3.05, 3.63) is 48.3 Å². The van der Waals surface area contributed by atoms with Gasteiger partial charge in [0.05, 0.1) is 25.4 Å². The molecule has 0 saturated carbocycles. The molecule has 3 fully saturated rings. The molecule has 0 bridgehead atoms. The Bertz CT molecular complexity index is 1460. The van der Waals surface area contributed by atoms with Gasteiger partial charge in [-0.15, -0.1) is 6.58 Å². The Morgan fingerprint density at radius 1 is 1.00 bits per heavy atom. The van der Waals surface area contributed by atoms with Gasteiger partial charge in [-0.05, 0) is 12.1 Å². The Balaban J connectivity index is 1.30. The Hall–Kier alpha value is -3.89. The van der Waals surface area contributed by atoms with Crippen LogP contribution in [0.25, 0.3) is 0 Å². The number of carbonyl (C=O) groups excluding carboxylic acids is 3. The van der Waals surface area contributed by atoms with Gasteiger partial charge in [-0.2, -0.15) is 0 Å². The molecule has 19 heteroatoms. The van der Waals surface area contributed by atoms with Gasteiger partial charge in [-0.1, -0.05) is 12.1 Å². The van der Waals surface area contributed by atoms with E-state index in [9.17, 15) is 55.2 Å². The molecule has 1 aromatic carbocycles. The second-order valence-electron chi connectivity index (χ2n) is 11.9. The summed E-state index contributed by atoms with van der Waals surface area (Å²) in [4.78, 5) is 37.2. The number of phenolic OH excluding ortho intramolecular Hbond substituents is 1. The summed E-state index contributed by atoms with van der Waals surface area (Å²) in [5.74, 6) is -5.19. The number of aliphatic hydroxyl groups excluding tert-OH is 6. The summed E-state index contributed by atoms with van der Waals surface area (Å²) >= 11 is 0. The summed E-state index contributed by atoms with van der Waals surface area (Å²) < 4.78 is 43.2. The minimum Gasteiger partial charge on any atom is -0.504 e. The molecule has 1 aromatic rings. The summed E-state index contributed by atoms with van der Waals surface area (Å²) in [6, 6.07) is 3.58. The molecule has 0 aliphatic carbocycles. The number of fused-ring (bicyclic) bond motifs is 1. The number of aliphatic hydroxyl groups is 7. The average Bonchev–Trinajstić information content (AvgIpc) is 3.08. The van der Waals surface area contributed by atoms with Gasteiger partial charge in [0.25, 0.3) is 0 Å². The largest absolute Gasteiger partial charge is 0.504 e. The van der Waals surface area contributed by atoms with E-state index >= 15 is 0 Å². The first-order chi connectivity index (χ1) is 23.7. The lowest BCUT2D eigenvalue weighted by Crippen LogP contribution is -2.62. The third-order valence-corrected chi connectivity index (χ3v) is 8.72. The molecule has 0 spiro atoms. The lowest BCUT2D eigenvalue weighted by molar-refractivity contribution is -0.344. The van der Waals surface area contributed by atoms with Crippen molar-refractivity contribution in [1.29, 1.82) is 0 Å². The molecule has 0 unspecified atom stereocenters. The SMILES string of the molecule is C=C[C@H]1[C@H](O[C@@H]2O[C@H](COC(=O)c3cccc(O[C@@H]4O[C@H](CO)[C@@H](O)[C@H](O)[C@H]4O)c3O)[C@@H](OC(C)=O)[C@H](O)[C@H]2O)OC=C2C(=O)OCC[C@]21O. The molecule has 19 nitrogen and oxygen atoms in total. The van der Waals surface area contributed by atoms with Gasteiger partial charge in [0, 0.05) is 13.3 Å². The first-order valence-corrected chi connectivity index (χ1v) is 15.4. The third kappa shape index (κ3) is 7.15. The number of hydrogen-bond donors (Lipinski definition) is 8. The molecule has 4 aliphatic heterocycles. The van der Waals surface area contributed by atoms with Crippen LogP contribution in [0.15, 0.2) is 42.7 Å². The van der Waals surface area contributed by atoms with Crippen molar-refractivity contribution in [2.24, 2.45) is 5.92 Å². The first kappa shape index (κ1) is 37.4. The predicted molar refractivity (Wildman–Crippen MR) is 157 cm³/mol. The lowest BCUT2D eigenvalue weighted by atomic mass is 9.76. The van der Waals surface area contributed by atoms with E-state index in [1.54, 1.807) is 0 Å². The highest BCUT2D eigenvalue weighted by Gasteiger charge is 2.55. The predicted octanol–water partition coefficient (Wildman–Crippen LogP) is -3.16. The van der Waals surface area contributed by atoms with Gasteiger partial charge < -0.3 is 78.7 Å². The molecule has 0 radical (unpaired) electrons. The maximum Gasteiger partial charge on any atom is 0.342 e. The van der Waals surface area contributed by atoms with E-state index in [0.717, 1.165) is 19.3 Å². The fourth-order valence-electron chi connectivity index (χ4n) is 5.98. The molecular formula is C31H38O19. The van der Waals surface area contributed by atoms with E-state index in [2.05, 4.69) is 6.58 Å². The molecule has 276 valence electrons. The quantitative estimate of drug-likeness (QED) is 0.0674. The van der Waals surface area contributed by atoms with Crippen molar-refractivity contribution < 1.29 is 93.1 Å². The Labute approximate surface area is 283 Å². The molecule has 50 heavy (non-hydrogen) atoms. The van der Waals surface area contributed by atoms with Crippen molar-refractivity contribution in [3.63, 3.8) is 0 Å². The number of phenols is 1. The van der Waals surface area contributed by atoms with Crippen molar-refractivity contribution in [1.82, 2.24) is 0 Å². The molecule has 0 amide bonds. The number of hydrogen-bond acceptors (Lipinski definition) is 19. The third-order valence-electron chi connectivity index (χ3n) is 8.72. The number of ether oxygens (including phenoxy) is 8. The van der Waals surface area contributed by atoms with Crippen LogP contribution >= 0.6 is 0 Å². The summed E-state index contributed by atoms with van der Waals surface area (Å²) in [5.41, 5.74) is -2.47. The van der Waals surface area contributed by atoms with Gasteiger partial charge >= 0.3 is 17.9 Å². The molecule has 3 saturated heterocycles. The minimum absolute atomic E-state index is 0.0319. The molecule has 4 aliphatic rings. The fourth-order valence-corrected chi connectivity index (χ4v) is 5.98. The van der Waals surface area contributed by atoms with Crippen LogP contribution in [0.1, 0.15) is 23.7 Å². The summed E-state index contributed by atoms with van der Waals surface area (Å²) in [6.07, 6.45) is -16.1. The Morgan fingerprint density at radius 2 is 1.70 bits per heavy atom. The number of carbonyl (C=O) groups is 3. The number of rotatable bonds is 10. The number of para-hydroxylation sites is 1. The zero-order valence-corrected chi connectivity index (χ0v) is 26.4. The van der Waals surface area contributed by atoms with Gasteiger partial charge in [0.15, 0.2) is 23.9 Å². The number of esters is 3. The molecule has 0 aromatic heterocycles. The fraction of sp³-hybridized carbons (Fsp3) is 0.581. The van der Waals surface area contributed by atoms with Crippen molar-refractivity contribution in [2.45, 2.75) is 86.6 Å². The highest BCUT2D eigenvalue weighted by molar-refractivity contribution is 5.93. The maximum absolute atomic E-state index is 13.1. The van der Waals surface area contributed by atoms with Crippen LogP contribution in [0, 0.1) is 5.92 Å². The van der Waals surface area contributed by atoms with E-state index in [-0.39, 0.29) is 18.6 Å². The van der Waals surface area contributed by atoms with Gasteiger partial charge in [0.2, 0.25) is 12.6 Å². The zero-order valence-electron chi connectivity index (χ0n) is 26.4. The van der Waals surface area contributed by atoms with E-state index in [4.69, 9.17) is 37.9 Å². The summed E-state index contributed by atoms with van der Waals surface area (Å²) in [5, 5.41) is 83.6. The van der Waals surface area contributed by atoms with Crippen LogP contribution in [0.4, 0.5) is 0 Å². The summed E-state index contributed by atoms with van der Waals surface area (Å²) in [7, 11) is 0. The molecule has 5 rings (SSSR count). The first-order valence-electron chi connectivity index (χ1n) is 15.4. The lowest BCUT2D eigenvalue weighted by Gasteiger charge is -2.47. The summed E-state index contributed by atoms with van der Waals surface area (Å²) in [6.45, 7) is 3.09. The molecular weight excluding hydrogens is 676 g/mol. The average molecular weight is 715 g/mol. The van der Waals surface area contributed by atoms with Crippen LogP contribution in [0.3, 0.4) is 0 Å². The number of benzene rings is 1. The van der Waals surface area contributed by atoms with Crippen LogP contribution < -0.4 is 4.74 Å². The monoisotopic (exact) mass is 714 g/mol. The molecule has 8 N–H and O–H groups in total. The normalized spacial score (nSPS) is 38.4. The highest BCUT2D eigenvalue weighted by Crippen LogP contribution is 2.42. The van der Waals surface area contributed by atoms with E-state index in [1.165, 1.54) is 18.2 Å². The van der Waals surface area contributed by atoms with E-state index in [1.807, 2.05) is 0 Å². The molecule has 13 atom stereocenters. The second kappa shape index (κ2) is 15.2. The van der Waals surface area contributed by atoms with Crippen LogP contribution in [0.2, 0.25) is 0 Å². The van der Waals surface area contributed by atoms with Gasteiger partial charge in [-0.3, -0.25) is 4.79 Å². The van der Waals surface area contributed by atoms with Crippen LogP contribution in [0.5, 0.6) is 11.5 Å². The maximum atomic E-state index is 13.1. The minimum atomic E-state index is -1.88. The second-order valence-corrected chi connectivity index (χ2v) is 11.9. The van der Waals surface area contributed by atoms with Crippen LogP contribution in [-0.4, -0.2) is 152 Å². The zero-order chi connectivity index (χ0) is 36.5. The topological polar surface area (TPSA) is 287 Å². The Morgan fingerprint density at radius 3 is 2.38 bits per heavy atom. The van der Waals surface area contributed by atoms with Crippen molar-refractivity contribution >= 4 is 17.9 Å². The number of aromatic hydroxyl groups is 1. The molecule has 4 heterocycles. The highest BCUT2D eigenvalue weighted by atomic mass is 16.8. The number of cyclic esters (lactones) is 1. The van der Waals surface area contributed by atoms with E-state index in [0.29, 0.717) is 0 Å². The Kier molecular flexibility index (Phi) is 11.3. The van der Waals surface area contributed by atoms with Gasteiger partial charge in [0.1, 0.15) is 66.1 Å². The standard InChI is InChI=1S/C31H38O19/c1-3-14-28(45-10-15-27(41)43-8-7-31(14,15)42)50-30-24(39)22(37)25(46-12(2)33)18(49-30)11-44-26(40)13-5-4-6-16(19(13)34)47-29-23(38)21(36)20(35)17(9-32)48-29/h3-6,10,14,17-18,20-25,28-30,32,34-39,42H,1,7-9,11H2,2H3/t14-,17+,18+,20+,21-,22+,23+,24+,25+,28-,29+,30-,31+/m0/s1.